The number of carbonyl (C=O) groups excluding carboxylic acids is 3. The van der Waals surface area contributed by atoms with Crippen molar-refractivity contribution in [1.82, 2.24) is 10.2 Å². The molecule has 0 spiro atoms. The average molecular weight is 424 g/mol. The molecule has 3 rings (SSSR count). The Morgan fingerprint density at radius 1 is 1.13 bits per heavy atom. The van der Waals surface area contributed by atoms with Crippen LogP contribution in [0, 0.1) is 6.92 Å². The van der Waals surface area contributed by atoms with Gasteiger partial charge in [0.15, 0.2) is 0 Å². The largest absolute Gasteiger partial charge is 0.487 e. The molecule has 1 N–H and O–H groups in total. The lowest BCUT2D eigenvalue weighted by atomic mass is 9.94. The van der Waals surface area contributed by atoms with Gasteiger partial charge in [-0.25, -0.2) is 4.79 Å². The third-order valence-corrected chi connectivity index (χ3v) is 5.26. The minimum absolute atomic E-state index is 0.0796. The molecule has 7 nitrogen and oxygen atoms in total. The zero-order valence-electron chi connectivity index (χ0n) is 18.4. The number of carbonyl (C=O) groups is 3. The van der Waals surface area contributed by atoms with Crippen molar-refractivity contribution in [3.8, 4) is 16.9 Å². The Hall–Kier alpha value is -3.35. The Bertz CT molecular complexity index is 999. The molecule has 2 aromatic carbocycles. The quantitative estimate of drug-likeness (QED) is 0.691. The summed E-state index contributed by atoms with van der Waals surface area (Å²) in [5.74, 6) is 0.0650. The molecule has 1 aliphatic heterocycles. The van der Waals surface area contributed by atoms with Gasteiger partial charge in [0.1, 0.15) is 11.9 Å². The van der Waals surface area contributed by atoms with Crippen LogP contribution in [0.15, 0.2) is 36.4 Å². The van der Waals surface area contributed by atoms with Gasteiger partial charge in [0, 0.05) is 38.9 Å². The highest BCUT2D eigenvalue weighted by Crippen LogP contribution is 2.41. The van der Waals surface area contributed by atoms with E-state index >= 15 is 0 Å². The molecule has 31 heavy (non-hydrogen) atoms. The van der Waals surface area contributed by atoms with E-state index in [1.54, 1.807) is 26.2 Å². The van der Waals surface area contributed by atoms with Gasteiger partial charge in [-0.3, -0.25) is 9.59 Å². The first-order valence-electron chi connectivity index (χ1n) is 10.2. The van der Waals surface area contributed by atoms with Crippen molar-refractivity contribution in [3.63, 3.8) is 0 Å². The molecule has 0 aliphatic carbocycles. The monoisotopic (exact) mass is 424 g/mol. The molecule has 2 amide bonds. The Morgan fingerprint density at radius 3 is 2.58 bits per heavy atom. The molecule has 0 fully saturated rings. The van der Waals surface area contributed by atoms with Crippen LogP contribution in [0.3, 0.4) is 0 Å². The highest BCUT2D eigenvalue weighted by molar-refractivity contribution is 5.98. The first kappa shape index (κ1) is 22.3. The summed E-state index contributed by atoms with van der Waals surface area (Å²) in [6, 6.07) is 11.3. The predicted octanol–water partition coefficient (Wildman–Crippen LogP) is 2.74. The topological polar surface area (TPSA) is 84.9 Å². The van der Waals surface area contributed by atoms with Crippen LogP contribution < -0.4 is 10.1 Å². The molecule has 1 heterocycles. The highest BCUT2D eigenvalue weighted by Gasteiger charge is 2.28. The van der Waals surface area contributed by atoms with Crippen molar-refractivity contribution in [2.75, 3.05) is 27.7 Å². The average Bonchev–Trinajstić information content (AvgIpc) is 3.17. The van der Waals surface area contributed by atoms with E-state index in [1.807, 2.05) is 25.1 Å². The lowest BCUT2D eigenvalue weighted by Crippen LogP contribution is -2.35. The van der Waals surface area contributed by atoms with E-state index in [0.717, 1.165) is 28.0 Å². The van der Waals surface area contributed by atoms with Gasteiger partial charge in [-0.2, -0.15) is 0 Å². The minimum Gasteiger partial charge on any atom is -0.487 e. The van der Waals surface area contributed by atoms with Crippen LogP contribution in [-0.4, -0.2) is 56.5 Å². The van der Waals surface area contributed by atoms with E-state index in [0.29, 0.717) is 18.5 Å². The number of fused-ring (bicyclic) bond motifs is 1. The fraction of sp³-hybridized carbons (Fsp3) is 0.375. The molecule has 2 aromatic rings. The summed E-state index contributed by atoms with van der Waals surface area (Å²) in [4.78, 5) is 37.5. The van der Waals surface area contributed by atoms with E-state index in [-0.39, 0.29) is 30.8 Å². The summed E-state index contributed by atoms with van der Waals surface area (Å²) in [5, 5.41) is 2.86. The van der Waals surface area contributed by atoms with E-state index in [4.69, 9.17) is 9.47 Å². The van der Waals surface area contributed by atoms with Gasteiger partial charge >= 0.3 is 5.97 Å². The maximum atomic E-state index is 12.2. The number of hydrogen-bond donors (Lipinski definition) is 1. The van der Waals surface area contributed by atoms with Gasteiger partial charge in [0.25, 0.3) is 0 Å². The van der Waals surface area contributed by atoms with Crippen LogP contribution >= 0.6 is 0 Å². The standard InChI is InChI=1S/C24H28N2O5/c1-15-11-16-13-17(14-25-21(27)9-10-22(28)26(2)3)31-23(16)20(12-15)18-7-5-6-8-19(18)24(29)30-4/h5-8,11-12,17H,9-10,13-14H2,1-4H3,(H,25,27)/t17-/m1/s1. The predicted molar refractivity (Wildman–Crippen MR) is 117 cm³/mol. The zero-order valence-corrected chi connectivity index (χ0v) is 18.4. The van der Waals surface area contributed by atoms with Gasteiger partial charge < -0.3 is 19.7 Å². The highest BCUT2D eigenvalue weighted by atomic mass is 16.5. The second-order valence-electron chi connectivity index (χ2n) is 7.87. The molecular formula is C24H28N2O5. The summed E-state index contributed by atoms with van der Waals surface area (Å²) in [5.41, 5.74) is 4.16. The molecule has 0 aromatic heterocycles. The van der Waals surface area contributed by atoms with Crippen molar-refractivity contribution in [2.45, 2.75) is 32.3 Å². The first-order valence-corrected chi connectivity index (χ1v) is 10.2. The SMILES string of the molecule is COC(=O)c1ccccc1-c1cc(C)cc2c1O[C@@H](CNC(=O)CCC(=O)N(C)C)C2. The second-order valence-corrected chi connectivity index (χ2v) is 7.87. The minimum atomic E-state index is -0.403. The number of aryl methyl sites for hydroxylation is 1. The van der Waals surface area contributed by atoms with E-state index in [2.05, 4.69) is 11.4 Å². The summed E-state index contributed by atoms with van der Waals surface area (Å²) in [6.07, 6.45) is 0.766. The van der Waals surface area contributed by atoms with E-state index < -0.39 is 5.97 Å². The summed E-state index contributed by atoms with van der Waals surface area (Å²) < 4.78 is 11.1. The van der Waals surface area contributed by atoms with Crippen molar-refractivity contribution < 1.29 is 23.9 Å². The maximum absolute atomic E-state index is 12.2. The normalized spacial score (nSPS) is 14.4. The summed E-state index contributed by atoms with van der Waals surface area (Å²) in [7, 11) is 4.70. The molecule has 0 bridgehead atoms. The molecular weight excluding hydrogens is 396 g/mol. The second kappa shape index (κ2) is 9.64. The van der Waals surface area contributed by atoms with E-state index in [1.165, 1.54) is 12.0 Å². The van der Waals surface area contributed by atoms with Gasteiger partial charge in [0.05, 0.1) is 19.2 Å². The first-order chi connectivity index (χ1) is 14.8. The number of amides is 2. The number of ether oxygens (including phenoxy) is 2. The molecule has 0 saturated heterocycles. The van der Waals surface area contributed by atoms with Crippen LogP contribution in [0.2, 0.25) is 0 Å². The zero-order chi connectivity index (χ0) is 22.5. The number of hydrogen-bond acceptors (Lipinski definition) is 5. The van der Waals surface area contributed by atoms with Gasteiger partial charge in [-0.1, -0.05) is 24.3 Å². The molecule has 0 saturated carbocycles. The van der Waals surface area contributed by atoms with Gasteiger partial charge in [0.2, 0.25) is 11.8 Å². The number of rotatable bonds is 7. The van der Waals surface area contributed by atoms with Crippen molar-refractivity contribution in [2.24, 2.45) is 0 Å². The van der Waals surface area contributed by atoms with Crippen molar-refractivity contribution >= 4 is 17.8 Å². The Labute approximate surface area is 182 Å². The van der Waals surface area contributed by atoms with Crippen LogP contribution in [0.25, 0.3) is 11.1 Å². The lowest BCUT2D eigenvalue weighted by Gasteiger charge is -2.15. The Kier molecular flexibility index (Phi) is 6.95. The molecule has 7 heteroatoms. The third-order valence-electron chi connectivity index (χ3n) is 5.26. The fourth-order valence-electron chi connectivity index (χ4n) is 3.67. The van der Waals surface area contributed by atoms with Crippen molar-refractivity contribution in [1.29, 1.82) is 0 Å². The van der Waals surface area contributed by atoms with Crippen LogP contribution in [0.5, 0.6) is 5.75 Å². The fourth-order valence-corrected chi connectivity index (χ4v) is 3.67. The Balaban J connectivity index is 1.73. The number of esters is 1. The van der Waals surface area contributed by atoms with Crippen molar-refractivity contribution in [3.05, 3.63) is 53.1 Å². The third kappa shape index (κ3) is 5.23. The molecule has 164 valence electrons. The molecule has 1 aliphatic rings. The lowest BCUT2D eigenvalue weighted by molar-refractivity contribution is -0.131. The molecule has 1 atom stereocenters. The van der Waals surface area contributed by atoms with E-state index in [9.17, 15) is 14.4 Å². The summed E-state index contributed by atoms with van der Waals surface area (Å²) >= 11 is 0. The number of nitrogens with zero attached hydrogens (tertiary/aromatic N) is 1. The van der Waals surface area contributed by atoms with Gasteiger partial charge in [-0.05, 0) is 35.7 Å². The molecule has 0 radical (unpaired) electrons. The van der Waals surface area contributed by atoms with Crippen LogP contribution in [0.4, 0.5) is 0 Å². The van der Waals surface area contributed by atoms with Gasteiger partial charge in [-0.15, -0.1) is 0 Å². The number of benzene rings is 2. The molecule has 0 unspecified atom stereocenters. The maximum Gasteiger partial charge on any atom is 0.338 e. The Morgan fingerprint density at radius 2 is 1.87 bits per heavy atom. The van der Waals surface area contributed by atoms with Crippen LogP contribution in [0.1, 0.15) is 34.3 Å². The number of nitrogens with one attached hydrogen (secondary N) is 1. The smallest absolute Gasteiger partial charge is 0.338 e. The number of methoxy groups -OCH3 is 1. The summed E-state index contributed by atoms with van der Waals surface area (Å²) in [6.45, 7) is 2.35. The van der Waals surface area contributed by atoms with Crippen LogP contribution in [-0.2, 0) is 20.7 Å².